The Balaban J connectivity index is 1.36. The molecule has 2 fully saturated rings. The third-order valence-electron chi connectivity index (χ3n) is 6.29. The number of ether oxygens (including phenoxy) is 1. The first kappa shape index (κ1) is 17.7. The van der Waals surface area contributed by atoms with Crippen LogP contribution in [0.5, 0.6) is 0 Å². The maximum absolute atomic E-state index is 10.8. The molecule has 0 saturated heterocycles. The van der Waals surface area contributed by atoms with Gasteiger partial charge in [-0.3, -0.25) is 4.79 Å². The van der Waals surface area contributed by atoms with E-state index in [-0.39, 0.29) is 5.60 Å². The van der Waals surface area contributed by atoms with Gasteiger partial charge in [0.15, 0.2) is 0 Å². The summed E-state index contributed by atoms with van der Waals surface area (Å²) in [5, 5.41) is 11.0. The van der Waals surface area contributed by atoms with Crippen molar-refractivity contribution in [1.29, 1.82) is 0 Å². The zero-order valence-corrected chi connectivity index (χ0v) is 15.9. The number of hydrogen-bond donors (Lipinski definition) is 1. The minimum atomic E-state index is -0.675. The molecule has 2 saturated carbocycles. The Morgan fingerprint density at radius 2 is 2.00 bits per heavy atom. The standard InChI is InChI=1S/C22H26O3S/c23-20(24)7-2-8-21-9-11-22(16-21,12-10-21)25-15-17-4-1-5-18(14-17)19-6-3-13-26-19/h1,3-6,13-14H,2,7-12,15-16H2,(H,23,24). The van der Waals surface area contributed by atoms with Gasteiger partial charge in [0.2, 0.25) is 0 Å². The maximum atomic E-state index is 10.8. The van der Waals surface area contributed by atoms with Crippen molar-refractivity contribution in [2.24, 2.45) is 5.41 Å². The second-order valence-electron chi connectivity index (χ2n) is 8.07. The molecule has 138 valence electrons. The molecule has 2 aromatic rings. The predicted molar refractivity (Wildman–Crippen MR) is 104 cm³/mol. The van der Waals surface area contributed by atoms with Gasteiger partial charge in [-0.2, -0.15) is 0 Å². The van der Waals surface area contributed by atoms with Crippen LogP contribution in [0.3, 0.4) is 0 Å². The zero-order valence-electron chi connectivity index (χ0n) is 15.1. The molecule has 1 heterocycles. The molecule has 3 nitrogen and oxygen atoms in total. The van der Waals surface area contributed by atoms with E-state index < -0.39 is 5.97 Å². The van der Waals surface area contributed by atoms with Crippen molar-refractivity contribution in [2.75, 3.05) is 0 Å². The van der Waals surface area contributed by atoms with E-state index in [0.717, 1.165) is 32.1 Å². The molecule has 0 atom stereocenters. The van der Waals surface area contributed by atoms with Gasteiger partial charge in [-0.15, -0.1) is 11.3 Å². The first-order chi connectivity index (χ1) is 12.6. The molecule has 0 unspecified atom stereocenters. The highest BCUT2D eigenvalue weighted by Crippen LogP contribution is 2.60. The van der Waals surface area contributed by atoms with E-state index in [4.69, 9.17) is 9.84 Å². The molecule has 0 radical (unpaired) electrons. The molecular formula is C22H26O3S. The summed E-state index contributed by atoms with van der Waals surface area (Å²) in [7, 11) is 0. The monoisotopic (exact) mass is 370 g/mol. The largest absolute Gasteiger partial charge is 0.481 e. The number of carbonyl (C=O) groups is 1. The van der Waals surface area contributed by atoms with Gasteiger partial charge in [0.25, 0.3) is 0 Å². The van der Waals surface area contributed by atoms with Crippen molar-refractivity contribution in [2.45, 2.75) is 63.6 Å². The van der Waals surface area contributed by atoms with Crippen molar-refractivity contribution in [3.63, 3.8) is 0 Å². The predicted octanol–water partition coefficient (Wildman–Crippen LogP) is 5.89. The van der Waals surface area contributed by atoms with Gasteiger partial charge in [0.05, 0.1) is 12.2 Å². The highest BCUT2D eigenvalue weighted by molar-refractivity contribution is 7.13. The molecule has 2 aliphatic rings. The summed E-state index contributed by atoms with van der Waals surface area (Å²) in [5.74, 6) is -0.675. The Morgan fingerprint density at radius 3 is 2.73 bits per heavy atom. The lowest BCUT2D eigenvalue weighted by Gasteiger charge is -2.28. The van der Waals surface area contributed by atoms with E-state index >= 15 is 0 Å². The number of aliphatic carboxylic acids is 1. The Bertz CT molecular complexity index is 757. The average Bonchev–Trinajstić information content (AvgIpc) is 3.36. The molecular weight excluding hydrogens is 344 g/mol. The number of carboxylic acids is 1. The summed E-state index contributed by atoms with van der Waals surface area (Å²) >= 11 is 1.76. The highest BCUT2D eigenvalue weighted by Gasteiger charge is 2.54. The summed E-state index contributed by atoms with van der Waals surface area (Å²) in [4.78, 5) is 12.1. The number of carboxylic acid groups (broad SMARTS) is 1. The van der Waals surface area contributed by atoms with Crippen molar-refractivity contribution in [3.05, 3.63) is 47.3 Å². The number of thiophene rings is 1. The summed E-state index contributed by atoms with van der Waals surface area (Å²) in [6.45, 7) is 0.671. The van der Waals surface area contributed by atoms with Gasteiger partial charge >= 0.3 is 5.97 Å². The minimum Gasteiger partial charge on any atom is -0.481 e. The van der Waals surface area contributed by atoms with Crippen LogP contribution >= 0.6 is 11.3 Å². The lowest BCUT2D eigenvalue weighted by Crippen LogP contribution is -2.26. The van der Waals surface area contributed by atoms with Crippen LogP contribution in [0.2, 0.25) is 0 Å². The van der Waals surface area contributed by atoms with Crippen LogP contribution in [0.1, 0.15) is 56.9 Å². The van der Waals surface area contributed by atoms with E-state index in [2.05, 4.69) is 41.8 Å². The van der Waals surface area contributed by atoms with Crippen molar-refractivity contribution >= 4 is 17.3 Å². The normalized spacial score (nSPS) is 27.1. The van der Waals surface area contributed by atoms with Crippen molar-refractivity contribution in [3.8, 4) is 10.4 Å². The van der Waals surface area contributed by atoms with Crippen molar-refractivity contribution in [1.82, 2.24) is 0 Å². The van der Waals surface area contributed by atoms with E-state index in [0.29, 0.717) is 18.4 Å². The lowest BCUT2D eigenvalue weighted by atomic mass is 9.80. The lowest BCUT2D eigenvalue weighted by molar-refractivity contribution is -0.137. The van der Waals surface area contributed by atoms with Gasteiger partial charge in [0, 0.05) is 11.3 Å². The quantitative estimate of drug-likeness (QED) is 0.630. The second kappa shape index (κ2) is 7.16. The summed E-state index contributed by atoms with van der Waals surface area (Å²) in [5.41, 5.74) is 2.87. The molecule has 2 aliphatic carbocycles. The molecule has 4 heteroatoms. The van der Waals surface area contributed by atoms with Gasteiger partial charge in [0.1, 0.15) is 0 Å². The van der Waals surface area contributed by atoms with E-state index in [1.165, 1.54) is 28.8 Å². The fourth-order valence-electron chi connectivity index (χ4n) is 4.91. The van der Waals surface area contributed by atoms with Crippen LogP contribution < -0.4 is 0 Å². The molecule has 26 heavy (non-hydrogen) atoms. The molecule has 2 bridgehead atoms. The van der Waals surface area contributed by atoms with Crippen LogP contribution in [-0.2, 0) is 16.1 Å². The molecule has 1 aromatic heterocycles. The molecule has 4 rings (SSSR count). The highest BCUT2D eigenvalue weighted by atomic mass is 32.1. The Labute approximate surface area is 159 Å². The third kappa shape index (κ3) is 3.72. The third-order valence-corrected chi connectivity index (χ3v) is 7.21. The van der Waals surface area contributed by atoms with Crippen LogP contribution in [0.4, 0.5) is 0 Å². The Kier molecular flexibility index (Phi) is 4.89. The van der Waals surface area contributed by atoms with Crippen LogP contribution in [0, 0.1) is 5.41 Å². The molecule has 1 N–H and O–H groups in total. The number of rotatable bonds is 8. The Hall–Kier alpha value is -1.65. The summed E-state index contributed by atoms with van der Waals surface area (Å²) < 4.78 is 6.48. The smallest absolute Gasteiger partial charge is 0.303 e. The fraction of sp³-hybridized carbons (Fsp3) is 0.500. The first-order valence-corrected chi connectivity index (χ1v) is 10.4. The summed E-state index contributed by atoms with van der Waals surface area (Å²) in [6, 6.07) is 12.9. The van der Waals surface area contributed by atoms with E-state index in [1.807, 2.05) is 0 Å². The van der Waals surface area contributed by atoms with Gasteiger partial charge < -0.3 is 9.84 Å². The van der Waals surface area contributed by atoms with Crippen molar-refractivity contribution < 1.29 is 14.6 Å². The van der Waals surface area contributed by atoms with Gasteiger partial charge in [-0.05, 0) is 79.0 Å². The topological polar surface area (TPSA) is 46.5 Å². The number of hydrogen-bond acceptors (Lipinski definition) is 3. The second-order valence-corrected chi connectivity index (χ2v) is 9.02. The number of fused-ring (bicyclic) bond motifs is 2. The minimum absolute atomic E-state index is 0.0299. The molecule has 0 amide bonds. The SMILES string of the molecule is O=C(O)CCCC12CCC(OCc3cccc(-c4cccs4)c3)(CC1)C2. The maximum Gasteiger partial charge on any atom is 0.303 e. The van der Waals surface area contributed by atoms with Crippen LogP contribution in [-0.4, -0.2) is 16.7 Å². The van der Waals surface area contributed by atoms with E-state index in [1.54, 1.807) is 11.3 Å². The number of benzene rings is 1. The molecule has 0 aliphatic heterocycles. The molecule has 1 aromatic carbocycles. The average molecular weight is 371 g/mol. The van der Waals surface area contributed by atoms with Gasteiger partial charge in [-0.1, -0.05) is 24.3 Å². The van der Waals surface area contributed by atoms with Crippen LogP contribution in [0.25, 0.3) is 10.4 Å². The van der Waals surface area contributed by atoms with E-state index in [9.17, 15) is 4.79 Å². The first-order valence-electron chi connectivity index (χ1n) is 9.57. The Morgan fingerprint density at radius 1 is 1.15 bits per heavy atom. The van der Waals surface area contributed by atoms with Gasteiger partial charge in [-0.25, -0.2) is 0 Å². The molecule has 0 spiro atoms. The summed E-state index contributed by atoms with van der Waals surface area (Å²) in [6.07, 6.45) is 7.90. The zero-order chi connectivity index (χ0) is 18.0. The fourth-order valence-corrected chi connectivity index (χ4v) is 5.64. The van der Waals surface area contributed by atoms with Crippen LogP contribution in [0.15, 0.2) is 41.8 Å².